The molecule has 20 heavy (non-hydrogen) atoms. The van der Waals surface area contributed by atoms with E-state index in [0.29, 0.717) is 11.1 Å². The Morgan fingerprint density at radius 3 is 2.55 bits per heavy atom. The van der Waals surface area contributed by atoms with Gasteiger partial charge in [0, 0.05) is 18.4 Å². The van der Waals surface area contributed by atoms with Gasteiger partial charge in [0.2, 0.25) is 11.8 Å². The number of hydrogen-bond acceptors (Lipinski definition) is 4. The highest BCUT2D eigenvalue weighted by Crippen LogP contribution is 2.31. The van der Waals surface area contributed by atoms with Crippen molar-refractivity contribution in [3.63, 3.8) is 0 Å². The van der Waals surface area contributed by atoms with E-state index in [1.807, 2.05) is 0 Å². The van der Waals surface area contributed by atoms with Crippen LogP contribution in [-0.2, 0) is 20.8 Å². The molecular formula is C15H13NO4. The lowest BCUT2D eigenvalue weighted by molar-refractivity contribution is -0.140. The summed E-state index contributed by atoms with van der Waals surface area (Å²) in [5, 5.41) is 2.21. The summed E-state index contributed by atoms with van der Waals surface area (Å²) in [5.41, 5.74) is 1.23. The zero-order valence-corrected chi connectivity index (χ0v) is 10.7. The molecule has 5 heteroatoms. The summed E-state index contributed by atoms with van der Waals surface area (Å²) < 4.78 is 0. The highest BCUT2D eigenvalue weighted by molar-refractivity contribution is 6.18. The normalized spacial score (nSPS) is 26.2. The molecule has 0 aromatic heterocycles. The van der Waals surface area contributed by atoms with Crippen molar-refractivity contribution < 1.29 is 19.2 Å². The number of carbonyl (C=O) groups excluding carboxylic acids is 4. The van der Waals surface area contributed by atoms with Crippen LogP contribution in [0.1, 0.15) is 28.8 Å². The molecule has 1 aliphatic carbocycles. The van der Waals surface area contributed by atoms with Crippen LogP contribution < -0.4 is 5.32 Å². The molecule has 5 nitrogen and oxygen atoms in total. The third-order valence-electron chi connectivity index (χ3n) is 3.96. The van der Waals surface area contributed by atoms with E-state index in [4.69, 9.17) is 0 Å². The summed E-state index contributed by atoms with van der Waals surface area (Å²) in [6, 6.07) is 6.97. The van der Waals surface area contributed by atoms with E-state index >= 15 is 0 Å². The van der Waals surface area contributed by atoms with Crippen molar-refractivity contribution in [3.8, 4) is 0 Å². The molecule has 1 aromatic carbocycles. The van der Waals surface area contributed by atoms with Gasteiger partial charge in [-0.25, -0.2) is 0 Å². The summed E-state index contributed by atoms with van der Waals surface area (Å²) in [7, 11) is 0. The minimum atomic E-state index is -0.946. The molecule has 1 aromatic rings. The predicted octanol–water partition coefficient (Wildman–Crippen LogP) is 0.663. The molecule has 1 aliphatic heterocycles. The van der Waals surface area contributed by atoms with Crippen LogP contribution in [0, 0.1) is 11.8 Å². The number of amides is 2. The minimum Gasteiger partial charge on any atom is -0.298 e. The molecule has 102 valence electrons. The van der Waals surface area contributed by atoms with E-state index in [1.165, 1.54) is 0 Å². The Labute approximate surface area is 115 Å². The minimum absolute atomic E-state index is 0.171. The lowest BCUT2D eigenvalue weighted by Gasteiger charge is -2.30. The van der Waals surface area contributed by atoms with Crippen LogP contribution >= 0.6 is 0 Å². The number of piperidine rings is 1. The highest BCUT2D eigenvalue weighted by atomic mass is 16.2. The molecule has 2 atom stereocenters. The van der Waals surface area contributed by atoms with Gasteiger partial charge >= 0.3 is 0 Å². The van der Waals surface area contributed by atoms with Gasteiger partial charge < -0.3 is 0 Å². The summed E-state index contributed by atoms with van der Waals surface area (Å²) >= 11 is 0. The number of benzene rings is 1. The van der Waals surface area contributed by atoms with Crippen molar-refractivity contribution in [2.24, 2.45) is 11.8 Å². The molecule has 0 bridgehead atoms. The van der Waals surface area contributed by atoms with Crippen LogP contribution in [0.4, 0.5) is 0 Å². The number of nitrogens with one attached hydrogen (secondary N) is 1. The van der Waals surface area contributed by atoms with E-state index in [-0.39, 0.29) is 36.7 Å². The van der Waals surface area contributed by atoms with Gasteiger partial charge in [-0.2, -0.15) is 0 Å². The molecule has 0 radical (unpaired) electrons. The summed E-state index contributed by atoms with van der Waals surface area (Å²) in [5.74, 6) is -3.05. The lowest BCUT2D eigenvalue weighted by atomic mass is 9.72. The fourth-order valence-corrected chi connectivity index (χ4v) is 2.96. The third kappa shape index (κ3) is 1.95. The van der Waals surface area contributed by atoms with Crippen LogP contribution in [0.15, 0.2) is 24.3 Å². The molecule has 3 rings (SSSR count). The lowest BCUT2D eigenvalue weighted by Crippen LogP contribution is -2.49. The molecule has 1 heterocycles. The monoisotopic (exact) mass is 271 g/mol. The Balaban J connectivity index is 1.95. The quantitative estimate of drug-likeness (QED) is 0.601. The van der Waals surface area contributed by atoms with Crippen molar-refractivity contribution >= 4 is 23.4 Å². The topological polar surface area (TPSA) is 80.3 Å². The summed E-state index contributed by atoms with van der Waals surface area (Å²) in [6.45, 7) is 0. The van der Waals surface area contributed by atoms with Gasteiger partial charge in [-0.1, -0.05) is 24.3 Å². The number of carbonyl (C=O) groups is 4. The van der Waals surface area contributed by atoms with E-state index in [2.05, 4.69) is 5.32 Å². The molecule has 0 spiro atoms. The predicted molar refractivity (Wildman–Crippen MR) is 68.8 cm³/mol. The van der Waals surface area contributed by atoms with Gasteiger partial charge in [0.15, 0.2) is 5.78 Å². The maximum absolute atomic E-state index is 12.5. The third-order valence-corrected chi connectivity index (χ3v) is 3.96. The van der Waals surface area contributed by atoms with Gasteiger partial charge in [0.05, 0.1) is 11.8 Å². The highest BCUT2D eigenvalue weighted by Gasteiger charge is 2.44. The second-order valence-electron chi connectivity index (χ2n) is 5.20. The van der Waals surface area contributed by atoms with Crippen molar-refractivity contribution in [2.75, 3.05) is 0 Å². The Bertz CT molecular complexity index is 635. The SMILES string of the molecule is O=C1CCC(C2C(=O)Cc3ccccc3C2=O)C(=O)N1. The maximum Gasteiger partial charge on any atom is 0.230 e. The van der Waals surface area contributed by atoms with E-state index < -0.39 is 17.7 Å². The summed E-state index contributed by atoms with van der Waals surface area (Å²) in [4.78, 5) is 47.7. The van der Waals surface area contributed by atoms with Crippen LogP contribution in [0.5, 0.6) is 0 Å². The van der Waals surface area contributed by atoms with Crippen LogP contribution in [0.2, 0.25) is 0 Å². The fraction of sp³-hybridized carbons (Fsp3) is 0.333. The van der Waals surface area contributed by atoms with Crippen molar-refractivity contribution in [1.29, 1.82) is 0 Å². The molecule has 2 aliphatic rings. The second kappa shape index (κ2) is 4.67. The first-order valence-corrected chi connectivity index (χ1v) is 6.56. The number of rotatable bonds is 1. The molecule has 2 amide bonds. The van der Waals surface area contributed by atoms with E-state index in [1.54, 1.807) is 24.3 Å². The molecule has 1 saturated heterocycles. The van der Waals surface area contributed by atoms with Gasteiger partial charge in [0.1, 0.15) is 5.78 Å². The zero-order chi connectivity index (χ0) is 14.3. The van der Waals surface area contributed by atoms with Crippen molar-refractivity contribution in [2.45, 2.75) is 19.3 Å². The van der Waals surface area contributed by atoms with Crippen LogP contribution in [0.3, 0.4) is 0 Å². The molecule has 1 N–H and O–H groups in total. The average Bonchev–Trinajstić information content (AvgIpc) is 2.41. The van der Waals surface area contributed by atoms with E-state index in [9.17, 15) is 19.2 Å². The number of fused-ring (bicyclic) bond motifs is 1. The molecule has 0 saturated carbocycles. The van der Waals surface area contributed by atoms with Crippen molar-refractivity contribution in [1.82, 2.24) is 5.32 Å². The number of ketones is 2. The first kappa shape index (κ1) is 12.7. The van der Waals surface area contributed by atoms with Gasteiger partial charge in [-0.05, 0) is 12.0 Å². The Kier molecular flexibility index (Phi) is 2.97. The van der Waals surface area contributed by atoms with Gasteiger partial charge in [-0.3, -0.25) is 24.5 Å². The average molecular weight is 271 g/mol. The largest absolute Gasteiger partial charge is 0.298 e. The number of hydrogen-bond donors (Lipinski definition) is 1. The zero-order valence-electron chi connectivity index (χ0n) is 10.7. The van der Waals surface area contributed by atoms with Gasteiger partial charge in [0.25, 0.3) is 0 Å². The Morgan fingerprint density at radius 1 is 1.05 bits per heavy atom. The smallest absolute Gasteiger partial charge is 0.230 e. The standard InChI is InChI=1S/C15H13NO4/c17-11-7-8-3-1-2-4-9(8)14(19)13(11)10-5-6-12(18)16-15(10)20/h1-4,10,13H,5-7H2,(H,16,18,20). The van der Waals surface area contributed by atoms with Crippen molar-refractivity contribution in [3.05, 3.63) is 35.4 Å². The second-order valence-corrected chi connectivity index (χ2v) is 5.20. The molecular weight excluding hydrogens is 258 g/mol. The molecule has 1 fully saturated rings. The fourth-order valence-electron chi connectivity index (χ4n) is 2.96. The number of imide groups is 1. The van der Waals surface area contributed by atoms with Gasteiger partial charge in [-0.15, -0.1) is 0 Å². The molecule has 2 unspecified atom stereocenters. The Morgan fingerprint density at radius 2 is 1.80 bits per heavy atom. The maximum atomic E-state index is 12.5. The first-order chi connectivity index (χ1) is 9.58. The van der Waals surface area contributed by atoms with Crippen LogP contribution in [-0.4, -0.2) is 23.4 Å². The Hall–Kier alpha value is -2.30. The van der Waals surface area contributed by atoms with Crippen LogP contribution in [0.25, 0.3) is 0 Å². The number of Topliss-reactive ketones (excluding diaryl/α,β-unsaturated/α-hetero) is 2. The van der Waals surface area contributed by atoms with E-state index in [0.717, 1.165) is 0 Å². The summed E-state index contributed by atoms with van der Waals surface area (Å²) in [6.07, 6.45) is 0.606. The first-order valence-electron chi connectivity index (χ1n) is 6.56.